The molecule has 9 heteroatoms. The minimum absolute atomic E-state index is 0.0325. The molecular formula is C24H33BN2O6. The number of nitrogens with zero attached hydrogens (tertiary/aromatic N) is 1. The van der Waals surface area contributed by atoms with Crippen molar-refractivity contribution in [1.82, 2.24) is 10.2 Å². The third-order valence-corrected chi connectivity index (χ3v) is 8.44. The highest BCUT2D eigenvalue weighted by molar-refractivity contribution is 6.62. The molecule has 1 N–H and O–H groups in total. The fraction of sp³-hybridized carbons (Fsp3) is 0.667. The Morgan fingerprint density at radius 3 is 2.33 bits per heavy atom. The van der Waals surface area contributed by atoms with Gasteiger partial charge in [0.05, 0.1) is 23.9 Å². The summed E-state index contributed by atoms with van der Waals surface area (Å²) in [6.07, 6.45) is 2.87. The minimum Gasteiger partial charge on any atom is -0.484 e. The number of Topliss-reactive ketones (excluding diaryl/α,β-unsaturated/α-hetero) is 1. The lowest BCUT2D eigenvalue weighted by Crippen LogP contribution is -2.72. The fourth-order valence-corrected chi connectivity index (χ4v) is 5.68. The van der Waals surface area contributed by atoms with Crippen LogP contribution in [0, 0.1) is 0 Å². The molecule has 1 aliphatic carbocycles. The first kappa shape index (κ1) is 22.7. The Labute approximate surface area is 195 Å². The molecule has 2 saturated heterocycles. The number of ether oxygens (including phenoxy) is 2. The first-order chi connectivity index (χ1) is 15.4. The number of rotatable bonds is 2. The molecule has 3 fully saturated rings. The van der Waals surface area contributed by atoms with Crippen LogP contribution < -0.4 is 15.5 Å². The minimum atomic E-state index is -1.25. The maximum Gasteiger partial charge on any atom is 0.494 e. The van der Waals surface area contributed by atoms with Gasteiger partial charge in [-0.15, -0.1) is 0 Å². The highest BCUT2D eigenvalue weighted by Gasteiger charge is 2.67. The van der Waals surface area contributed by atoms with Crippen LogP contribution in [0.4, 0.5) is 4.79 Å². The largest absolute Gasteiger partial charge is 0.494 e. The predicted octanol–water partition coefficient (Wildman–Crippen LogP) is 2.13. The third kappa shape index (κ3) is 3.08. The van der Waals surface area contributed by atoms with E-state index in [0.29, 0.717) is 24.2 Å². The van der Waals surface area contributed by atoms with E-state index < -0.39 is 29.5 Å². The molecule has 4 aliphatic rings. The van der Waals surface area contributed by atoms with Crippen LogP contribution in [0.15, 0.2) is 18.2 Å². The second kappa shape index (κ2) is 7.20. The van der Waals surface area contributed by atoms with Gasteiger partial charge in [-0.1, -0.05) is 12.1 Å². The number of amides is 2. The zero-order valence-corrected chi connectivity index (χ0v) is 20.3. The van der Waals surface area contributed by atoms with Crippen LogP contribution in [0.3, 0.4) is 0 Å². The molecule has 3 aliphatic heterocycles. The lowest BCUT2D eigenvalue weighted by atomic mass is 9.64. The first-order valence-electron chi connectivity index (χ1n) is 11.7. The third-order valence-electron chi connectivity index (χ3n) is 8.44. The lowest BCUT2D eigenvalue weighted by Gasteiger charge is -2.49. The van der Waals surface area contributed by atoms with Gasteiger partial charge < -0.3 is 29.0 Å². The van der Waals surface area contributed by atoms with Crippen molar-refractivity contribution in [1.29, 1.82) is 0 Å². The van der Waals surface area contributed by atoms with E-state index in [9.17, 15) is 9.59 Å². The van der Waals surface area contributed by atoms with Gasteiger partial charge in [0.25, 0.3) is 0 Å². The van der Waals surface area contributed by atoms with Crippen molar-refractivity contribution in [3.63, 3.8) is 0 Å². The summed E-state index contributed by atoms with van der Waals surface area (Å²) in [4.78, 5) is 28.1. The summed E-state index contributed by atoms with van der Waals surface area (Å²) in [5.41, 5.74) is -1.56. The number of carbonyl (C=O) groups excluding carboxylic acids is 2. The fourth-order valence-electron chi connectivity index (χ4n) is 5.68. The summed E-state index contributed by atoms with van der Waals surface area (Å²) in [5.74, 6) is 0.564. The van der Waals surface area contributed by atoms with E-state index >= 15 is 0 Å². The zero-order valence-electron chi connectivity index (χ0n) is 20.3. The highest BCUT2D eigenvalue weighted by atomic mass is 16.7. The molecule has 1 aromatic carbocycles. The van der Waals surface area contributed by atoms with Gasteiger partial charge in [-0.3, -0.25) is 4.79 Å². The van der Waals surface area contributed by atoms with Crippen molar-refractivity contribution in [2.75, 3.05) is 20.7 Å². The number of methoxy groups -OCH3 is 1. The van der Waals surface area contributed by atoms with E-state index in [4.69, 9.17) is 18.8 Å². The van der Waals surface area contributed by atoms with Crippen molar-refractivity contribution < 1.29 is 28.4 Å². The standard InChI is InChI=1S/C24H33BN2O6/c1-21(2)22(3,4)33-25(32-21)15-7-8-18-17(13-15)24(19(28)14-27(5)20(29)26-24)23(31-18)11-9-16(30-6)10-12-23/h7-8,13,16H,9-12,14H2,1-6H3,(H,26,29). The molecule has 2 spiro atoms. The number of hydrogen-bond donors (Lipinski definition) is 1. The molecule has 33 heavy (non-hydrogen) atoms. The summed E-state index contributed by atoms with van der Waals surface area (Å²) < 4.78 is 24.7. The molecule has 5 rings (SSSR count). The summed E-state index contributed by atoms with van der Waals surface area (Å²) in [5, 5.41) is 3.08. The van der Waals surface area contributed by atoms with E-state index in [1.807, 2.05) is 45.9 Å². The van der Waals surface area contributed by atoms with Crippen molar-refractivity contribution in [2.45, 2.75) is 81.8 Å². The molecule has 178 valence electrons. The summed E-state index contributed by atoms with van der Waals surface area (Å²) in [6, 6.07) is 5.46. The predicted molar refractivity (Wildman–Crippen MR) is 123 cm³/mol. The van der Waals surface area contributed by atoms with Gasteiger partial charge in [-0.05, 0) is 64.9 Å². The van der Waals surface area contributed by atoms with Gasteiger partial charge in [0, 0.05) is 19.7 Å². The normalized spacial score (nSPS) is 34.5. The van der Waals surface area contributed by atoms with E-state index in [-0.39, 0.29) is 24.5 Å². The van der Waals surface area contributed by atoms with Crippen LogP contribution >= 0.6 is 0 Å². The van der Waals surface area contributed by atoms with Gasteiger partial charge in [-0.25, -0.2) is 4.79 Å². The van der Waals surface area contributed by atoms with Gasteiger partial charge in [0.2, 0.25) is 0 Å². The van der Waals surface area contributed by atoms with Crippen molar-refractivity contribution in [3.8, 4) is 5.75 Å². The number of benzene rings is 1. The molecule has 1 atom stereocenters. The quantitative estimate of drug-likeness (QED) is 0.687. The molecule has 0 bridgehead atoms. The Bertz CT molecular complexity index is 987. The molecule has 0 radical (unpaired) electrons. The zero-order chi connectivity index (χ0) is 23.8. The second-order valence-electron chi connectivity index (χ2n) is 10.8. The average Bonchev–Trinajstić information content (AvgIpc) is 3.14. The molecule has 2 amide bonds. The van der Waals surface area contributed by atoms with E-state index in [1.54, 1.807) is 14.2 Å². The molecule has 1 aromatic rings. The topological polar surface area (TPSA) is 86.3 Å². The maximum absolute atomic E-state index is 13.8. The molecule has 8 nitrogen and oxygen atoms in total. The highest BCUT2D eigenvalue weighted by Crippen LogP contribution is 2.55. The monoisotopic (exact) mass is 456 g/mol. The Morgan fingerprint density at radius 2 is 1.73 bits per heavy atom. The van der Waals surface area contributed by atoms with Crippen molar-refractivity contribution in [3.05, 3.63) is 23.8 Å². The number of likely N-dealkylation sites (N-methyl/N-ethyl adjacent to an activating group) is 1. The van der Waals surface area contributed by atoms with Crippen LogP contribution in [0.5, 0.6) is 5.75 Å². The SMILES string of the molecule is COC1CCC2(CC1)Oc1ccc(B3OC(C)(C)C(C)(C)O3)cc1C21NC(=O)N(C)CC1=O. The second-order valence-corrected chi connectivity index (χ2v) is 10.8. The lowest BCUT2D eigenvalue weighted by molar-refractivity contribution is -0.141. The van der Waals surface area contributed by atoms with E-state index in [2.05, 4.69) is 5.32 Å². The van der Waals surface area contributed by atoms with Crippen molar-refractivity contribution in [2.24, 2.45) is 0 Å². The number of carbonyl (C=O) groups is 2. The first-order valence-corrected chi connectivity index (χ1v) is 11.7. The molecule has 0 aromatic heterocycles. The van der Waals surface area contributed by atoms with Crippen LogP contribution in [0.25, 0.3) is 0 Å². The number of fused-ring (bicyclic) bond motifs is 3. The van der Waals surface area contributed by atoms with Gasteiger partial charge >= 0.3 is 13.1 Å². The Balaban J connectivity index is 1.59. The van der Waals surface area contributed by atoms with Crippen molar-refractivity contribution >= 4 is 24.4 Å². The molecule has 1 saturated carbocycles. The van der Waals surface area contributed by atoms with Gasteiger partial charge in [0.15, 0.2) is 11.3 Å². The Hall–Kier alpha value is -2.10. The summed E-state index contributed by atoms with van der Waals surface area (Å²) >= 11 is 0. The maximum atomic E-state index is 13.8. The Morgan fingerprint density at radius 1 is 1.09 bits per heavy atom. The molecular weight excluding hydrogens is 423 g/mol. The van der Waals surface area contributed by atoms with Gasteiger partial charge in [0.1, 0.15) is 11.4 Å². The van der Waals surface area contributed by atoms with Crippen LogP contribution in [0.1, 0.15) is 58.9 Å². The van der Waals surface area contributed by atoms with E-state index in [0.717, 1.165) is 18.3 Å². The number of ketones is 1. The molecule has 3 heterocycles. The molecule has 1 unspecified atom stereocenters. The van der Waals surface area contributed by atoms with Crippen LogP contribution in [-0.2, 0) is 24.4 Å². The average molecular weight is 456 g/mol. The Kier molecular flexibility index (Phi) is 4.95. The summed E-state index contributed by atoms with van der Waals surface area (Å²) in [6.45, 7) is 8.07. The number of hydrogen-bond acceptors (Lipinski definition) is 6. The summed E-state index contributed by atoms with van der Waals surface area (Å²) in [7, 11) is 2.77. The van der Waals surface area contributed by atoms with E-state index in [1.165, 1.54) is 4.90 Å². The number of nitrogens with one attached hydrogen (secondary N) is 1. The van der Waals surface area contributed by atoms with Crippen LogP contribution in [0.2, 0.25) is 0 Å². The van der Waals surface area contributed by atoms with Crippen LogP contribution in [-0.4, -0.2) is 67.4 Å². The number of urea groups is 1. The smallest absolute Gasteiger partial charge is 0.484 e. The van der Waals surface area contributed by atoms with Gasteiger partial charge in [-0.2, -0.15) is 0 Å².